The standard InChI is InChI=1S/C25H34N8O/c1-3-34-22-12-20(14-26-15-22)24-17-33(31-29-24)18(2)23-9-10-25(30-28-23)32-11-5-8-21(16-32)27-13-19-6-4-7-19/h9-10,12,14-15,17-19,21,27H,3-8,11,13,16H2,1-2H3. The monoisotopic (exact) mass is 462 g/mol. The number of anilines is 1. The van der Waals surface area contributed by atoms with Crippen LogP contribution in [0.15, 0.2) is 36.8 Å². The molecule has 0 spiro atoms. The highest BCUT2D eigenvalue weighted by Crippen LogP contribution is 2.26. The number of rotatable bonds is 9. The van der Waals surface area contributed by atoms with E-state index >= 15 is 0 Å². The molecule has 1 saturated heterocycles. The second-order valence-electron chi connectivity index (χ2n) is 9.41. The van der Waals surface area contributed by atoms with Crippen molar-refractivity contribution < 1.29 is 4.74 Å². The van der Waals surface area contributed by atoms with Gasteiger partial charge in [0.05, 0.1) is 30.7 Å². The van der Waals surface area contributed by atoms with Gasteiger partial charge in [-0.1, -0.05) is 11.6 Å². The molecule has 1 aliphatic heterocycles. The van der Waals surface area contributed by atoms with Crippen LogP contribution in [0.25, 0.3) is 11.3 Å². The molecule has 34 heavy (non-hydrogen) atoms. The number of hydrogen-bond acceptors (Lipinski definition) is 8. The number of aromatic nitrogens is 6. The molecule has 0 aromatic carbocycles. The van der Waals surface area contributed by atoms with Crippen molar-refractivity contribution in [3.05, 3.63) is 42.5 Å². The normalized spacial score (nSPS) is 19.6. The zero-order chi connectivity index (χ0) is 23.3. The molecule has 2 fully saturated rings. The van der Waals surface area contributed by atoms with Crippen LogP contribution in [0.5, 0.6) is 5.75 Å². The highest BCUT2D eigenvalue weighted by atomic mass is 16.5. The average molecular weight is 463 g/mol. The lowest BCUT2D eigenvalue weighted by Gasteiger charge is -2.35. The van der Waals surface area contributed by atoms with Crippen molar-refractivity contribution in [2.24, 2.45) is 5.92 Å². The van der Waals surface area contributed by atoms with Crippen molar-refractivity contribution in [3.8, 4) is 17.0 Å². The van der Waals surface area contributed by atoms with E-state index in [1.165, 1.54) is 32.1 Å². The predicted octanol–water partition coefficient (Wildman–Crippen LogP) is 3.50. The van der Waals surface area contributed by atoms with E-state index in [9.17, 15) is 0 Å². The zero-order valence-corrected chi connectivity index (χ0v) is 20.1. The van der Waals surface area contributed by atoms with E-state index in [1.807, 2.05) is 23.9 Å². The van der Waals surface area contributed by atoms with Gasteiger partial charge in [-0.2, -0.15) is 5.10 Å². The van der Waals surface area contributed by atoms with Crippen LogP contribution in [0.2, 0.25) is 0 Å². The summed E-state index contributed by atoms with van der Waals surface area (Å²) in [7, 11) is 0. The minimum Gasteiger partial charge on any atom is -0.492 e. The van der Waals surface area contributed by atoms with Gasteiger partial charge in [0.2, 0.25) is 0 Å². The van der Waals surface area contributed by atoms with Crippen molar-refractivity contribution in [2.75, 3.05) is 31.1 Å². The smallest absolute Gasteiger partial charge is 0.151 e. The average Bonchev–Trinajstić information content (AvgIpc) is 3.34. The molecule has 9 heteroatoms. The first-order valence-electron chi connectivity index (χ1n) is 12.5. The van der Waals surface area contributed by atoms with Crippen molar-refractivity contribution >= 4 is 5.82 Å². The highest BCUT2D eigenvalue weighted by Gasteiger charge is 2.24. The summed E-state index contributed by atoms with van der Waals surface area (Å²) in [4.78, 5) is 6.60. The number of ether oxygens (including phenoxy) is 1. The Morgan fingerprint density at radius 2 is 2.03 bits per heavy atom. The van der Waals surface area contributed by atoms with E-state index in [4.69, 9.17) is 4.74 Å². The summed E-state index contributed by atoms with van der Waals surface area (Å²) in [6.07, 6.45) is 12.0. The number of hydrogen-bond donors (Lipinski definition) is 1. The lowest BCUT2D eigenvalue weighted by atomic mass is 9.85. The fourth-order valence-electron chi connectivity index (χ4n) is 4.65. The fraction of sp³-hybridized carbons (Fsp3) is 0.560. The Labute approximate surface area is 200 Å². The summed E-state index contributed by atoms with van der Waals surface area (Å²) in [5.74, 6) is 2.56. The van der Waals surface area contributed by atoms with Gasteiger partial charge >= 0.3 is 0 Å². The van der Waals surface area contributed by atoms with Crippen molar-refractivity contribution in [1.29, 1.82) is 0 Å². The minimum atomic E-state index is -0.0796. The SMILES string of the molecule is CCOc1cncc(-c2cn(C(C)c3ccc(N4CCCC(NCC5CCC5)C4)nn3)nn2)c1. The van der Waals surface area contributed by atoms with E-state index in [0.29, 0.717) is 12.6 Å². The molecule has 2 unspecified atom stereocenters. The first kappa shape index (κ1) is 22.7. The van der Waals surface area contributed by atoms with Crippen LogP contribution < -0.4 is 15.0 Å². The van der Waals surface area contributed by atoms with Gasteiger partial charge in [-0.05, 0) is 70.2 Å². The van der Waals surface area contributed by atoms with E-state index < -0.39 is 0 Å². The number of pyridine rings is 1. The zero-order valence-electron chi connectivity index (χ0n) is 20.1. The molecule has 4 heterocycles. The van der Waals surface area contributed by atoms with E-state index in [0.717, 1.165) is 54.1 Å². The Balaban J connectivity index is 1.21. The van der Waals surface area contributed by atoms with Crippen LogP contribution in [0.1, 0.15) is 57.7 Å². The molecule has 3 aromatic heterocycles. The summed E-state index contributed by atoms with van der Waals surface area (Å²) in [6, 6.07) is 6.53. The summed E-state index contributed by atoms with van der Waals surface area (Å²) in [5.41, 5.74) is 2.48. The summed E-state index contributed by atoms with van der Waals surface area (Å²) in [5, 5.41) is 21.5. The predicted molar refractivity (Wildman–Crippen MR) is 131 cm³/mol. The molecule has 2 atom stereocenters. The van der Waals surface area contributed by atoms with Crippen molar-refractivity contribution in [1.82, 2.24) is 35.5 Å². The van der Waals surface area contributed by atoms with Gasteiger partial charge in [0, 0.05) is 30.9 Å². The van der Waals surface area contributed by atoms with Gasteiger partial charge < -0.3 is 15.0 Å². The first-order valence-corrected chi connectivity index (χ1v) is 12.5. The topological polar surface area (TPSA) is 93.9 Å². The molecule has 9 nitrogen and oxygen atoms in total. The Morgan fingerprint density at radius 3 is 2.79 bits per heavy atom. The maximum absolute atomic E-state index is 5.55. The van der Waals surface area contributed by atoms with Crippen LogP contribution in [-0.4, -0.2) is 62.5 Å². The summed E-state index contributed by atoms with van der Waals surface area (Å²) >= 11 is 0. The molecule has 2 aliphatic rings. The second kappa shape index (κ2) is 10.5. The molecule has 0 bridgehead atoms. The largest absolute Gasteiger partial charge is 0.492 e. The third kappa shape index (κ3) is 5.19. The molecule has 3 aromatic rings. The third-order valence-corrected chi connectivity index (χ3v) is 6.99. The Hall–Kier alpha value is -3.07. The van der Waals surface area contributed by atoms with Crippen LogP contribution >= 0.6 is 0 Å². The Bertz CT molecular complexity index is 1060. The molecular formula is C25H34N8O. The van der Waals surface area contributed by atoms with E-state index in [2.05, 4.69) is 54.8 Å². The first-order chi connectivity index (χ1) is 16.7. The van der Waals surface area contributed by atoms with Crippen LogP contribution in [0.4, 0.5) is 5.82 Å². The molecule has 5 rings (SSSR count). The molecule has 180 valence electrons. The second-order valence-corrected chi connectivity index (χ2v) is 9.41. The summed E-state index contributed by atoms with van der Waals surface area (Å²) in [6.45, 7) is 7.79. The minimum absolute atomic E-state index is 0.0796. The number of nitrogens with zero attached hydrogens (tertiary/aromatic N) is 7. The van der Waals surface area contributed by atoms with Gasteiger partial charge in [-0.3, -0.25) is 4.98 Å². The van der Waals surface area contributed by atoms with Gasteiger partial charge in [-0.15, -0.1) is 10.2 Å². The van der Waals surface area contributed by atoms with Gasteiger partial charge in [0.25, 0.3) is 0 Å². The number of piperidine rings is 1. The molecular weight excluding hydrogens is 428 g/mol. The lowest BCUT2D eigenvalue weighted by molar-refractivity contribution is 0.280. The lowest BCUT2D eigenvalue weighted by Crippen LogP contribution is -2.47. The quantitative estimate of drug-likeness (QED) is 0.516. The fourth-order valence-corrected chi connectivity index (χ4v) is 4.65. The third-order valence-electron chi connectivity index (χ3n) is 6.99. The maximum atomic E-state index is 5.55. The Morgan fingerprint density at radius 1 is 1.12 bits per heavy atom. The van der Waals surface area contributed by atoms with Crippen LogP contribution in [0, 0.1) is 5.92 Å². The van der Waals surface area contributed by atoms with Gasteiger partial charge in [0.1, 0.15) is 11.4 Å². The maximum Gasteiger partial charge on any atom is 0.151 e. The molecule has 0 amide bonds. The van der Waals surface area contributed by atoms with E-state index in [-0.39, 0.29) is 6.04 Å². The van der Waals surface area contributed by atoms with Gasteiger partial charge in [-0.25, -0.2) is 4.68 Å². The van der Waals surface area contributed by atoms with E-state index in [1.54, 1.807) is 12.4 Å². The molecule has 1 saturated carbocycles. The van der Waals surface area contributed by atoms with Crippen molar-refractivity contribution in [2.45, 2.75) is 58.0 Å². The summed E-state index contributed by atoms with van der Waals surface area (Å²) < 4.78 is 7.36. The van der Waals surface area contributed by atoms with Crippen LogP contribution in [0.3, 0.4) is 0 Å². The Kier molecular flexibility index (Phi) is 6.99. The molecule has 0 radical (unpaired) electrons. The molecule has 1 aliphatic carbocycles. The van der Waals surface area contributed by atoms with Crippen molar-refractivity contribution in [3.63, 3.8) is 0 Å². The van der Waals surface area contributed by atoms with Gasteiger partial charge in [0.15, 0.2) is 5.82 Å². The van der Waals surface area contributed by atoms with Crippen LogP contribution in [-0.2, 0) is 0 Å². The molecule has 1 N–H and O–H groups in total. The number of nitrogens with one attached hydrogen (secondary N) is 1. The highest BCUT2D eigenvalue weighted by molar-refractivity contribution is 5.58.